The van der Waals surface area contributed by atoms with Crippen molar-refractivity contribution >= 4 is 35.1 Å². The van der Waals surface area contributed by atoms with Crippen LogP contribution in [0.4, 0.5) is 5.82 Å². The summed E-state index contributed by atoms with van der Waals surface area (Å²) in [5, 5.41) is 5.31. The molecule has 0 atom stereocenters. The number of fused-ring (bicyclic) bond motifs is 1. The Morgan fingerprint density at radius 2 is 1.77 bits per heavy atom. The zero-order chi connectivity index (χ0) is 24.5. The fourth-order valence-electron chi connectivity index (χ4n) is 4.70. The number of rotatable bonds is 5. The highest BCUT2D eigenvalue weighted by molar-refractivity contribution is 6.30. The van der Waals surface area contributed by atoms with Gasteiger partial charge in [0.15, 0.2) is 0 Å². The lowest BCUT2D eigenvalue weighted by atomic mass is 9.96. The first-order chi connectivity index (χ1) is 16.9. The molecule has 3 amide bonds. The second kappa shape index (κ2) is 9.54. The third-order valence-corrected chi connectivity index (χ3v) is 6.96. The average molecular weight is 492 g/mol. The molecule has 0 saturated carbocycles. The van der Waals surface area contributed by atoms with E-state index in [2.05, 4.69) is 5.10 Å². The molecule has 2 aliphatic heterocycles. The van der Waals surface area contributed by atoms with Crippen LogP contribution >= 0.6 is 11.6 Å². The van der Waals surface area contributed by atoms with E-state index in [1.54, 1.807) is 21.9 Å². The fraction of sp³-hybridized carbons (Fsp3) is 0.308. The second-order valence-corrected chi connectivity index (χ2v) is 9.45. The van der Waals surface area contributed by atoms with Crippen LogP contribution in [0, 0.1) is 5.92 Å². The number of primary amides is 1. The largest absolute Gasteiger partial charge is 0.369 e. The second-order valence-electron chi connectivity index (χ2n) is 9.02. The summed E-state index contributed by atoms with van der Waals surface area (Å²) in [7, 11) is 0. The molecule has 1 aromatic heterocycles. The molecule has 0 radical (unpaired) electrons. The van der Waals surface area contributed by atoms with Crippen LogP contribution in [0.3, 0.4) is 0 Å². The number of aromatic nitrogens is 2. The van der Waals surface area contributed by atoms with Crippen LogP contribution in [0.5, 0.6) is 0 Å². The smallest absolute Gasteiger partial charge is 0.253 e. The zero-order valence-corrected chi connectivity index (χ0v) is 19.9. The molecule has 0 spiro atoms. The SMILES string of the molecule is NC(=O)C1CCN(C(=O)c2ccc(CN3C(=O)CCn4nc(-c5cccc(Cl)c5)cc43)cc2)CC1. The minimum atomic E-state index is -0.297. The van der Waals surface area contributed by atoms with Crippen LogP contribution in [0.15, 0.2) is 54.6 Å². The number of nitrogens with two attached hydrogens (primary N) is 1. The van der Waals surface area contributed by atoms with Gasteiger partial charge < -0.3 is 10.6 Å². The molecule has 180 valence electrons. The maximum Gasteiger partial charge on any atom is 0.253 e. The first kappa shape index (κ1) is 23.1. The highest BCUT2D eigenvalue weighted by atomic mass is 35.5. The minimum Gasteiger partial charge on any atom is -0.369 e. The van der Waals surface area contributed by atoms with Crippen molar-refractivity contribution in [2.24, 2.45) is 11.7 Å². The number of aryl methyl sites for hydroxylation is 1. The van der Waals surface area contributed by atoms with Crippen LogP contribution < -0.4 is 10.6 Å². The number of nitrogens with zero attached hydrogens (tertiary/aromatic N) is 4. The fourth-order valence-corrected chi connectivity index (χ4v) is 4.89. The van der Waals surface area contributed by atoms with Crippen molar-refractivity contribution in [1.82, 2.24) is 14.7 Å². The monoisotopic (exact) mass is 491 g/mol. The summed E-state index contributed by atoms with van der Waals surface area (Å²) in [6.07, 6.45) is 1.57. The Hall–Kier alpha value is -3.65. The predicted molar refractivity (Wildman–Crippen MR) is 133 cm³/mol. The molecule has 2 N–H and O–H groups in total. The van der Waals surface area contributed by atoms with Gasteiger partial charge in [-0.2, -0.15) is 5.10 Å². The standard InChI is InChI=1S/C26H26ClN5O3/c27-21-3-1-2-20(14-21)22-15-23-31(24(33)10-13-32(23)29-22)16-17-4-6-19(7-5-17)26(35)30-11-8-18(9-12-30)25(28)34/h1-7,14-15,18H,8-13,16H2,(H2,28,34). The van der Waals surface area contributed by atoms with Crippen LogP contribution in [0.1, 0.15) is 35.2 Å². The van der Waals surface area contributed by atoms with Gasteiger partial charge in [0.2, 0.25) is 11.8 Å². The average Bonchev–Trinajstić information content (AvgIpc) is 3.31. The Bertz CT molecular complexity index is 1280. The predicted octanol–water partition coefficient (Wildman–Crippen LogP) is 3.48. The van der Waals surface area contributed by atoms with Crippen LogP contribution in [-0.2, 0) is 22.7 Å². The number of benzene rings is 2. The van der Waals surface area contributed by atoms with E-state index < -0.39 is 0 Å². The van der Waals surface area contributed by atoms with Crippen molar-refractivity contribution < 1.29 is 14.4 Å². The summed E-state index contributed by atoms with van der Waals surface area (Å²) in [4.78, 5) is 40.5. The van der Waals surface area contributed by atoms with Crippen molar-refractivity contribution in [3.05, 3.63) is 70.7 Å². The topological polar surface area (TPSA) is 102 Å². The molecule has 5 rings (SSSR count). The van der Waals surface area contributed by atoms with E-state index in [0.29, 0.717) is 56.0 Å². The van der Waals surface area contributed by atoms with Crippen LogP contribution in [0.2, 0.25) is 5.02 Å². The number of carbonyl (C=O) groups excluding carboxylic acids is 3. The summed E-state index contributed by atoms with van der Waals surface area (Å²) in [5.41, 5.74) is 8.56. The minimum absolute atomic E-state index is 0.0347. The molecule has 3 heterocycles. The molecule has 35 heavy (non-hydrogen) atoms. The first-order valence-electron chi connectivity index (χ1n) is 11.7. The quantitative estimate of drug-likeness (QED) is 0.590. The Kier molecular flexibility index (Phi) is 6.30. The van der Waals surface area contributed by atoms with E-state index in [0.717, 1.165) is 22.6 Å². The third-order valence-electron chi connectivity index (χ3n) is 6.72. The number of halogens is 1. The summed E-state index contributed by atoms with van der Waals surface area (Å²) >= 11 is 6.14. The normalized spacial score (nSPS) is 16.3. The molecule has 8 nitrogen and oxygen atoms in total. The number of hydrogen-bond donors (Lipinski definition) is 1. The third kappa shape index (κ3) is 4.79. The lowest BCUT2D eigenvalue weighted by Crippen LogP contribution is -2.41. The molecular formula is C26H26ClN5O3. The van der Waals surface area contributed by atoms with Crippen molar-refractivity contribution in [2.45, 2.75) is 32.4 Å². The van der Waals surface area contributed by atoms with Gasteiger partial charge >= 0.3 is 0 Å². The number of piperidine rings is 1. The van der Waals surface area contributed by atoms with Gasteiger partial charge in [-0.1, -0.05) is 35.9 Å². The number of likely N-dealkylation sites (tertiary alicyclic amines) is 1. The van der Waals surface area contributed by atoms with E-state index in [1.165, 1.54) is 0 Å². The molecule has 0 aliphatic carbocycles. The Morgan fingerprint density at radius 1 is 1.03 bits per heavy atom. The Morgan fingerprint density at radius 3 is 2.46 bits per heavy atom. The van der Waals surface area contributed by atoms with Crippen molar-refractivity contribution in [3.63, 3.8) is 0 Å². The summed E-state index contributed by atoms with van der Waals surface area (Å²) in [6, 6.07) is 16.7. The van der Waals surface area contributed by atoms with E-state index >= 15 is 0 Å². The Labute approximate surface area is 208 Å². The van der Waals surface area contributed by atoms with E-state index in [-0.39, 0.29) is 23.6 Å². The molecule has 1 fully saturated rings. The zero-order valence-electron chi connectivity index (χ0n) is 19.2. The van der Waals surface area contributed by atoms with Crippen molar-refractivity contribution in [1.29, 1.82) is 0 Å². The molecule has 2 aliphatic rings. The molecule has 9 heteroatoms. The molecule has 1 saturated heterocycles. The first-order valence-corrected chi connectivity index (χ1v) is 12.1. The highest BCUT2D eigenvalue weighted by Crippen LogP contribution is 2.30. The van der Waals surface area contributed by atoms with Gasteiger partial charge in [-0.3, -0.25) is 19.3 Å². The van der Waals surface area contributed by atoms with Gasteiger partial charge in [0, 0.05) is 47.6 Å². The van der Waals surface area contributed by atoms with Crippen LogP contribution in [-0.4, -0.2) is 45.5 Å². The summed E-state index contributed by atoms with van der Waals surface area (Å²) in [6.45, 7) is 1.97. The number of hydrogen-bond acceptors (Lipinski definition) is 4. The molecule has 2 aromatic carbocycles. The molecule has 3 aromatic rings. The van der Waals surface area contributed by atoms with Gasteiger partial charge in [-0.25, -0.2) is 4.68 Å². The lowest BCUT2D eigenvalue weighted by Gasteiger charge is -2.30. The molecule has 0 unspecified atom stereocenters. The van der Waals surface area contributed by atoms with Crippen molar-refractivity contribution in [2.75, 3.05) is 18.0 Å². The summed E-state index contributed by atoms with van der Waals surface area (Å²) < 4.78 is 1.85. The number of amides is 3. The summed E-state index contributed by atoms with van der Waals surface area (Å²) in [5.74, 6) is 0.269. The molecular weight excluding hydrogens is 466 g/mol. The van der Waals surface area contributed by atoms with E-state index in [1.807, 2.05) is 47.1 Å². The van der Waals surface area contributed by atoms with E-state index in [4.69, 9.17) is 17.3 Å². The number of anilines is 1. The van der Waals surface area contributed by atoms with Gasteiger partial charge in [0.25, 0.3) is 5.91 Å². The maximum atomic E-state index is 12.9. The van der Waals surface area contributed by atoms with Gasteiger partial charge in [0.05, 0.1) is 18.8 Å². The number of carbonyl (C=O) groups is 3. The maximum absolute atomic E-state index is 12.9. The van der Waals surface area contributed by atoms with Gasteiger partial charge in [-0.15, -0.1) is 0 Å². The van der Waals surface area contributed by atoms with Gasteiger partial charge in [0.1, 0.15) is 5.82 Å². The van der Waals surface area contributed by atoms with Gasteiger partial charge in [-0.05, 0) is 42.7 Å². The Balaban J connectivity index is 1.30. The molecule has 0 bridgehead atoms. The van der Waals surface area contributed by atoms with E-state index in [9.17, 15) is 14.4 Å². The van der Waals surface area contributed by atoms with Crippen LogP contribution in [0.25, 0.3) is 11.3 Å². The highest BCUT2D eigenvalue weighted by Gasteiger charge is 2.28. The lowest BCUT2D eigenvalue weighted by molar-refractivity contribution is -0.123. The van der Waals surface area contributed by atoms with Crippen molar-refractivity contribution in [3.8, 4) is 11.3 Å².